The van der Waals surface area contributed by atoms with Crippen molar-refractivity contribution in [2.75, 3.05) is 5.32 Å². The minimum Gasteiger partial charge on any atom is -0.462 e. The average Bonchev–Trinajstić information content (AvgIpc) is 3.32. The maximum atomic E-state index is 12.5. The second-order valence-corrected chi connectivity index (χ2v) is 7.03. The molecule has 4 rings (SSSR count). The van der Waals surface area contributed by atoms with Gasteiger partial charge in [-0.3, -0.25) is 9.59 Å². The van der Waals surface area contributed by atoms with Crippen molar-refractivity contribution in [2.45, 2.75) is 25.8 Å². The fourth-order valence-electron chi connectivity index (χ4n) is 2.92. The van der Waals surface area contributed by atoms with Gasteiger partial charge in [0.1, 0.15) is 5.69 Å². The van der Waals surface area contributed by atoms with Crippen molar-refractivity contribution in [3.8, 4) is 10.8 Å². The highest BCUT2D eigenvalue weighted by Gasteiger charge is 2.19. The zero-order valence-electron chi connectivity index (χ0n) is 14.1. The van der Waals surface area contributed by atoms with Gasteiger partial charge in [0, 0.05) is 17.5 Å². The number of amides is 2. The molecule has 0 fully saturated rings. The van der Waals surface area contributed by atoms with E-state index < -0.39 is 0 Å². The van der Waals surface area contributed by atoms with Gasteiger partial charge in [-0.25, -0.2) is 4.98 Å². The minimum atomic E-state index is -0.224. The number of nitrogens with zero attached hydrogens (tertiary/aromatic N) is 1. The van der Waals surface area contributed by atoms with Crippen molar-refractivity contribution >= 4 is 28.8 Å². The van der Waals surface area contributed by atoms with Crippen LogP contribution in [0.4, 0.5) is 5.69 Å². The first-order valence-electron chi connectivity index (χ1n) is 8.33. The summed E-state index contributed by atoms with van der Waals surface area (Å²) in [4.78, 5) is 28.3. The highest BCUT2D eigenvalue weighted by Crippen LogP contribution is 2.27. The van der Waals surface area contributed by atoms with Crippen LogP contribution in [-0.4, -0.2) is 16.8 Å². The van der Waals surface area contributed by atoms with E-state index >= 15 is 0 Å². The summed E-state index contributed by atoms with van der Waals surface area (Å²) in [5.41, 5.74) is 3.32. The number of furan rings is 1. The molecule has 3 aromatic rings. The van der Waals surface area contributed by atoms with Crippen molar-refractivity contribution in [2.24, 2.45) is 0 Å². The second-order valence-electron chi connectivity index (χ2n) is 6.18. The van der Waals surface area contributed by atoms with Crippen LogP contribution in [0, 0.1) is 0 Å². The number of fused-ring (bicyclic) bond motifs is 1. The largest absolute Gasteiger partial charge is 0.462 e. The number of carbonyl (C=O) groups excluding carboxylic acids is 2. The maximum Gasteiger partial charge on any atom is 0.271 e. The van der Waals surface area contributed by atoms with E-state index in [1.807, 2.05) is 31.2 Å². The summed E-state index contributed by atoms with van der Waals surface area (Å²) in [6, 6.07) is 9.29. The Morgan fingerprint density at radius 1 is 1.35 bits per heavy atom. The Bertz CT molecular complexity index is 962. The Balaban J connectivity index is 1.47. The summed E-state index contributed by atoms with van der Waals surface area (Å²) in [6.45, 7) is 1.93. The standard InChI is InChI=1S/C19H17N3O3S/c1-11(12-4-6-14-13(9-12)5-7-17(23)21-14)20-18(24)15-10-26-19(22-15)16-3-2-8-25-16/h2-4,6,8-11H,5,7H2,1H3,(H,20,24)(H,21,23). The molecule has 3 heterocycles. The average molecular weight is 367 g/mol. The van der Waals surface area contributed by atoms with E-state index in [0.29, 0.717) is 29.3 Å². The van der Waals surface area contributed by atoms with Crippen LogP contribution in [0.15, 0.2) is 46.4 Å². The van der Waals surface area contributed by atoms with Crippen molar-refractivity contribution in [3.63, 3.8) is 0 Å². The fraction of sp³-hybridized carbons (Fsp3) is 0.211. The lowest BCUT2D eigenvalue weighted by atomic mass is 9.98. The summed E-state index contributed by atoms with van der Waals surface area (Å²) in [5.74, 6) is 0.471. The lowest BCUT2D eigenvalue weighted by molar-refractivity contribution is -0.116. The molecule has 2 amide bonds. The maximum absolute atomic E-state index is 12.5. The van der Waals surface area contributed by atoms with Crippen molar-refractivity contribution in [1.29, 1.82) is 0 Å². The van der Waals surface area contributed by atoms with Crippen molar-refractivity contribution < 1.29 is 14.0 Å². The van der Waals surface area contributed by atoms with Gasteiger partial charge in [-0.05, 0) is 42.7 Å². The molecule has 132 valence electrons. The molecular weight excluding hydrogens is 350 g/mol. The van der Waals surface area contributed by atoms with E-state index in [0.717, 1.165) is 16.8 Å². The third kappa shape index (κ3) is 3.25. The van der Waals surface area contributed by atoms with E-state index in [1.54, 1.807) is 17.7 Å². The quantitative estimate of drug-likeness (QED) is 0.735. The van der Waals surface area contributed by atoms with Gasteiger partial charge in [0.2, 0.25) is 5.91 Å². The fourth-order valence-corrected chi connectivity index (χ4v) is 3.68. The molecule has 0 aliphatic carbocycles. The van der Waals surface area contributed by atoms with Crippen LogP contribution in [0.3, 0.4) is 0 Å². The number of aromatic nitrogens is 1. The number of anilines is 1. The Kier molecular flexibility index (Phi) is 4.30. The number of rotatable bonds is 4. The number of thiazole rings is 1. The van der Waals surface area contributed by atoms with Gasteiger partial charge in [0.05, 0.1) is 12.3 Å². The summed E-state index contributed by atoms with van der Waals surface area (Å²) in [5, 5.41) is 8.24. The zero-order chi connectivity index (χ0) is 18.1. The molecule has 7 heteroatoms. The molecule has 1 unspecified atom stereocenters. The van der Waals surface area contributed by atoms with Crippen LogP contribution in [0.25, 0.3) is 10.8 Å². The van der Waals surface area contributed by atoms with Crippen molar-refractivity contribution in [1.82, 2.24) is 10.3 Å². The molecule has 1 aliphatic heterocycles. The molecule has 26 heavy (non-hydrogen) atoms. The first kappa shape index (κ1) is 16.5. The van der Waals surface area contributed by atoms with Crippen LogP contribution in [0.2, 0.25) is 0 Å². The molecule has 0 saturated carbocycles. The van der Waals surface area contributed by atoms with Gasteiger partial charge >= 0.3 is 0 Å². The topological polar surface area (TPSA) is 84.2 Å². The Labute approximate surface area is 154 Å². The van der Waals surface area contributed by atoms with Crippen LogP contribution in [0.1, 0.15) is 41.0 Å². The molecule has 1 aliphatic rings. The summed E-state index contributed by atoms with van der Waals surface area (Å²) < 4.78 is 5.31. The van der Waals surface area contributed by atoms with Gasteiger partial charge in [0.25, 0.3) is 5.91 Å². The summed E-state index contributed by atoms with van der Waals surface area (Å²) in [7, 11) is 0. The summed E-state index contributed by atoms with van der Waals surface area (Å²) in [6.07, 6.45) is 2.79. The molecule has 0 spiro atoms. The first-order valence-corrected chi connectivity index (χ1v) is 9.21. The third-order valence-electron chi connectivity index (χ3n) is 4.34. The molecular formula is C19H17N3O3S. The number of hydrogen-bond donors (Lipinski definition) is 2. The van der Waals surface area contributed by atoms with Gasteiger partial charge in [-0.1, -0.05) is 12.1 Å². The minimum absolute atomic E-state index is 0.0440. The van der Waals surface area contributed by atoms with E-state index in [9.17, 15) is 9.59 Å². The predicted molar refractivity (Wildman–Crippen MR) is 99.1 cm³/mol. The number of aryl methyl sites for hydroxylation is 1. The Morgan fingerprint density at radius 2 is 2.23 bits per heavy atom. The lowest BCUT2D eigenvalue weighted by Gasteiger charge is -2.20. The predicted octanol–water partition coefficient (Wildman–Crippen LogP) is 3.78. The van der Waals surface area contributed by atoms with Crippen molar-refractivity contribution in [3.05, 3.63) is 58.8 Å². The normalized spacial score (nSPS) is 14.4. The molecule has 2 aromatic heterocycles. The molecule has 1 aromatic carbocycles. The first-order chi connectivity index (χ1) is 12.6. The smallest absolute Gasteiger partial charge is 0.271 e. The van der Waals surface area contributed by atoms with Gasteiger partial charge in [0.15, 0.2) is 10.8 Å². The van der Waals surface area contributed by atoms with Crippen LogP contribution < -0.4 is 10.6 Å². The van der Waals surface area contributed by atoms with Gasteiger partial charge in [-0.15, -0.1) is 11.3 Å². The van der Waals surface area contributed by atoms with E-state index in [4.69, 9.17) is 4.42 Å². The van der Waals surface area contributed by atoms with Gasteiger partial charge < -0.3 is 15.1 Å². The molecule has 0 saturated heterocycles. The van der Waals surface area contributed by atoms with Crippen LogP contribution >= 0.6 is 11.3 Å². The lowest BCUT2D eigenvalue weighted by Crippen LogP contribution is -2.27. The highest BCUT2D eigenvalue weighted by molar-refractivity contribution is 7.13. The number of nitrogens with one attached hydrogen (secondary N) is 2. The molecule has 1 atom stereocenters. The van der Waals surface area contributed by atoms with E-state index in [-0.39, 0.29) is 17.9 Å². The Hall–Kier alpha value is -2.93. The Morgan fingerprint density at radius 3 is 3.04 bits per heavy atom. The number of hydrogen-bond acceptors (Lipinski definition) is 5. The SMILES string of the molecule is CC(NC(=O)c1csc(-c2ccco2)n1)c1ccc2c(c1)CCC(=O)N2. The summed E-state index contributed by atoms with van der Waals surface area (Å²) >= 11 is 1.37. The van der Waals surface area contributed by atoms with Crippen LogP contribution in [-0.2, 0) is 11.2 Å². The molecule has 0 radical (unpaired) electrons. The van der Waals surface area contributed by atoms with Gasteiger partial charge in [-0.2, -0.15) is 0 Å². The second kappa shape index (κ2) is 6.76. The molecule has 2 N–H and O–H groups in total. The highest BCUT2D eigenvalue weighted by atomic mass is 32.1. The zero-order valence-corrected chi connectivity index (χ0v) is 14.9. The van der Waals surface area contributed by atoms with E-state index in [2.05, 4.69) is 15.6 Å². The monoisotopic (exact) mass is 367 g/mol. The third-order valence-corrected chi connectivity index (χ3v) is 5.20. The molecule has 6 nitrogen and oxygen atoms in total. The number of carbonyl (C=O) groups is 2. The van der Waals surface area contributed by atoms with Crippen LogP contribution in [0.5, 0.6) is 0 Å². The number of benzene rings is 1. The van der Waals surface area contributed by atoms with E-state index in [1.165, 1.54) is 11.3 Å². The molecule has 0 bridgehead atoms.